The van der Waals surface area contributed by atoms with Crippen LogP contribution in [-0.4, -0.2) is 55.8 Å². The largest absolute Gasteiger partial charge is 0.357 e. The van der Waals surface area contributed by atoms with Gasteiger partial charge in [0.05, 0.1) is 0 Å². The number of aromatic nitrogens is 3. The number of nitrogens with one attached hydrogen (secondary N) is 1. The Morgan fingerprint density at radius 2 is 2.19 bits per heavy atom. The quantitative estimate of drug-likeness (QED) is 0.676. The molecule has 7 heteroatoms. The Balaban J connectivity index is 2.10. The van der Waals surface area contributed by atoms with E-state index in [1.54, 1.807) is 0 Å². The number of hydrogen-bond donors (Lipinski definition) is 1. The van der Waals surface area contributed by atoms with Crippen molar-refractivity contribution < 1.29 is 0 Å². The van der Waals surface area contributed by atoms with Crippen LogP contribution in [-0.2, 0) is 13.6 Å². The summed E-state index contributed by atoms with van der Waals surface area (Å²) in [5.41, 5.74) is 0. The number of thioether (sulfide) groups is 1. The molecule has 0 atom stereocenters. The first-order chi connectivity index (χ1) is 9.93. The smallest absolute Gasteiger partial charge is 0.194 e. The van der Waals surface area contributed by atoms with Crippen LogP contribution in [0, 0.1) is 6.92 Å². The molecule has 1 aliphatic heterocycles. The van der Waals surface area contributed by atoms with Gasteiger partial charge in [-0.15, -0.1) is 10.2 Å². The molecule has 0 aliphatic carbocycles. The maximum atomic E-state index is 4.75. The monoisotopic (exact) mass is 310 g/mol. The average molecular weight is 310 g/mol. The second-order valence-corrected chi connectivity index (χ2v) is 7.72. The molecule has 0 amide bonds. The van der Waals surface area contributed by atoms with Crippen LogP contribution in [0.15, 0.2) is 4.99 Å². The highest BCUT2D eigenvalue weighted by molar-refractivity contribution is 8.00. The van der Waals surface area contributed by atoms with Gasteiger partial charge < -0.3 is 14.8 Å². The molecule has 1 aromatic rings. The van der Waals surface area contributed by atoms with E-state index in [1.807, 2.05) is 30.3 Å². The maximum Gasteiger partial charge on any atom is 0.194 e. The molecule has 1 N–H and O–H groups in total. The molecule has 1 aliphatic rings. The Labute approximate surface area is 131 Å². The average Bonchev–Trinajstić information content (AvgIpc) is 2.74. The molecule has 0 radical (unpaired) electrons. The molecule has 1 fully saturated rings. The predicted octanol–water partition coefficient (Wildman–Crippen LogP) is 1.42. The Kier molecular flexibility index (Phi) is 5.13. The van der Waals surface area contributed by atoms with Gasteiger partial charge in [-0.3, -0.25) is 0 Å². The molecule has 0 bridgehead atoms. The van der Waals surface area contributed by atoms with Crippen LogP contribution in [0.4, 0.5) is 0 Å². The normalized spacial score (nSPS) is 18.9. The predicted molar refractivity (Wildman–Crippen MR) is 88.7 cm³/mol. The minimum Gasteiger partial charge on any atom is -0.357 e. The molecule has 6 nitrogen and oxygen atoms in total. The molecule has 0 unspecified atom stereocenters. The fraction of sp³-hybridized carbons (Fsp3) is 0.786. The molecule has 2 rings (SSSR count). The molecule has 0 saturated carbocycles. The number of hydrogen-bond acceptors (Lipinski definition) is 4. The zero-order chi connectivity index (χ0) is 15.5. The van der Waals surface area contributed by atoms with Crippen molar-refractivity contribution in [1.82, 2.24) is 25.0 Å². The van der Waals surface area contributed by atoms with Crippen LogP contribution in [0.5, 0.6) is 0 Å². The summed E-state index contributed by atoms with van der Waals surface area (Å²) in [5, 5.41) is 11.7. The van der Waals surface area contributed by atoms with Crippen molar-refractivity contribution in [1.29, 1.82) is 0 Å². The zero-order valence-electron chi connectivity index (χ0n) is 13.7. The van der Waals surface area contributed by atoms with Gasteiger partial charge in [0.2, 0.25) is 0 Å². The number of aliphatic imine (C=N–C) groups is 1. The highest BCUT2D eigenvalue weighted by Gasteiger charge is 2.28. The standard InChI is InChI=1S/C14H26N6S/c1-6-15-13(20-7-8-21-14(3,4)10-20)16-9-12-18-17-11(2)19(12)5/h6-10H2,1-5H3,(H,15,16). The lowest BCUT2D eigenvalue weighted by atomic mass is 10.2. The Bertz CT molecular complexity index is 508. The third kappa shape index (κ3) is 4.12. The van der Waals surface area contributed by atoms with E-state index >= 15 is 0 Å². The van der Waals surface area contributed by atoms with Gasteiger partial charge in [-0.25, -0.2) is 4.99 Å². The van der Waals surface area contributed by atoms with Crippen LogP contribution in [0.3, 0.4) is 0 Å². The van der Waals surface area contributed by atoms with Crippen molar-refractivity contribution in [2.75, 3.05) is 25.4 Å². The lowest BCUT2D eigenvalue weighted by Crippen LogP contribution is -2.51. The third-order valence-electron chi connectivity index (χ3n) is 3.61. The number of aryl methyl sites for hydroxylation is 1. The SMILES string of the molecule is CCNC(=NCc1nnc(C)n1C)N1CCSC(C)(C)C1. The van der Waals surface area contributed by atoms with Crippen molar-refractivity contribution in [2.24, 2.45) is 12.0 Å². The van der Waals surface area contributed by atoms with E-state index in [0.717, 1.165) is 43.0 Å². The molecule has 0 aromatic carbocycles. The first-order valence-electron chi connectivity index (χ1n) is 7.45. The van der Waals surface area contributed by atoms with Crippen molar-refractivity contribution in [3.8, 4) is 0 Å². The molecular weight excluding hydrogens is 284 g/mol. The lowest BCUT2D eigenvalue weighted by Gasteiger charge is -2.39. The van der Waals surface area contributed by atoms with E-state index in [0.29, 0.717) is 6.54 Å². The van der Waals surface area contributed by atoms with E-state index in [1.165, 1.54) is 0 Å². The summed E-state index contributed by atoms with van der Waals surface area (Å²) in [7, 11) is 1.98. The summed E-state index contributed by atoms with van der Waals surface area (Å²) in [6.45, 7) is 12.1. The topological polar surface area (TPSA) is 58.3 Å². The maximum absolute atomic E-state index is 4.75. The lowest BCUT2D eigenvalue weighted by molar-refractivity contribution is 0.375. The molecule has 2 heterocycles. The highest BCUT2D eigenvalue weighted by atomic mass is 32.2. The van der Waals surface area contributed by atoms with Gasteiger partial charge in [0.25, 0.3) is 0 Å². The summed E-state index contributed by atoms with van der Waals surface area (Å²) in [6, 6.07) is 0. The van der Waals surface area contributed by atoms with E-state index in [2.05, 4.69) is 41.2 Å². The third-order valence-corrected chi connectivity index (χ3v) is 4.91. The number of nitrogens with zero attached hydrogens (tertiary/aromatic N) is 5. The molecule has 0 spiro atoms. The number of rotatable bonds is 3. The van der Waals surface area contributed by atoms with Crippen molar-refractivity contribution >= 4 is 17.7 Å². The van der Waals surface area contributed by atoms with Crippen molar-refractivity contribution in [2.45, 2.75) is 39.0 Å². The van der Waals surface area contributed by atoms with Crippen molar-refractivity contribution in [3.05, 3.63) is 11.6 Å². The van der Waals surface area contributed by atoms with Crippen LogP contribution < -0.4 is 5.32 Å². The van der Waals surface area contributed by atoms with Gasteiger partial charge in [0.1, 0.15) is 12.4 Å². The molecule has 118 valence electrons. The minimum atomic E-state index is 0.274. The van der Waals surface area contributed by atoms with Crippen LogP contribution in [0.1, 0.15) is 32.4 Å². The summed E-state index contributed by atoms with van der Waals surface area (Å²) >= 11 is 2.03. The fourth-order valence-corrected chi connectivity index (χ4v) is 3.47. The Morgan fingerprint density at radius 3 is 2.76 bits per heavy atom. The Morgan fingerprint density at radius 1 is 1.43 bits per heavy atom. The van der Waals surface area contributed by atoms with E-state index in [9.17, 15) is 0 Å². The first-order valence-corrected chi connectivity index (χ1v) is 8.43. The minimum absolute atomic E-state index is 0.274. The van der Waals surface area contributed by atoms with Gasteiger partial charge in [-0.05, 0) is 27.7 Å². The van der Waals surface area contributed by atoms with Crippen LogP contribution in [0.2, 0.25) is 0 Å². The van der Waals surface area contributed by atoms with Gasteiger partial charge in [-0.2, -0.15) is 11.8 Å². The summed E-state index contributed by atoms with van der Waals surface area (Å²) < 4.78 is 2.26. The van der Waals surface area contributed by atoms with Gasteiger partial charge in [0.15, 0.2) is 11.8 Å². The Hall–Kier alpha value is -1.24. The molecule has 1 saturated heterocycles. The second-order valence-electron chi connectivity index (χ2n) is 5.92. The highest BCUT2D eigenvalue weighted by Crippen LogP contribution is 2.29. The van der Waals surface area contributed by atoms with Gasteiger partial charge in [-0.1, -0.05) is 0 Å². The summed E-state index contributed by atoms with van der Waals surface area (Å²) in [4.78, 5) is 7.10. The first kappa shape index (κ1) is 16.1. The van der Waals surface area contributed by atoms with Crippen molar-refractivity contribution in [3.63, 3.8) is 0 Å². The van der Waals surface area contributed by atoms with Crippen LogP contribution in [0.25, 0.3) is 0 Å². The summed E-state index contributed by atoms with van der Waals surface area (Å²) in [6.07, 6.45) is 0. The molecular formula is C14H26N6S. The van der Waals surface area contributed by atoms with E-state index < -0.39 is 0 Å². The van der Waals surface area contributed by atoms with Gasteiger partial charge in [0, 0.05) is 37.2 Å². The second kappa shape index (κ2) is 6.68. The fourth-order valence-electron chi connectivity index (χ4n) is 2.36. The number of guanidine groups is 1. The zero-order valence-corrected chi connectivity index (χ0v) is 14.5. The molecule has 21 heavy (non-hydrogen) atoms. The summed E-state index contributed by atoms with van der Waals surface area (Å²) in [5.74, 6) is 3.93. The van der Waals surface area contributed by atoms with Gasteiger partial charge >= 0.3 is 0 Å². The van der Waals surface area contributed by atoms with E-state index in [4.69, 9.17) is 4.99 Å². The van der Waals surface area contributed by atoms with Crippen LogP contribution >= 0.6 is 11.8 Å². The van der Waals surface area contributed by atoms with E-state index in [-0.39, 0.29) is 4.75 Å². The molecule has 1 aromatic heterocycles.